The van der Waals surface area contributed by atoms with E-state index < -0.39 is 0 Å². The second-order valence-electron chi connectivity index (χ2n) is 5.97. The molecule has 1 aliphatic heterocycles. The highest BCUT2D eigenvalue weighted by molar-refractivity contribution is 8.15. The van der Waals surface area contributed by atoms with Crippen molar-refractivity contribution in [3.05, 3.63) is 72.3 Å². The van der Waals surface area contributed by atoms with Gasteiger partial charge in [0.05, 0.1) is 18.6 Å². The van der Waals surface area contributed by atoms with Crippen LogP contribution in [0.2, 0.25) is 0 Å². The summed E-state index contributed by atoms with van der Waals surface area (Å²) in [6, 6.07) is 15.2. The Kier molecular flexibility index (Phi) is 6.86. The number of amidine groups is 1. The van der Waals surface area contributed by atoms with Crippen molar-refractivity contribution >= 4 is 29.1 Å². The number of ether oxygens (including phenoxy) is 2. The quantitative estimate of drug-likeness (QED) is 0.422. The summed E-state index contributed by atoms with van der Waals surface area (Å²) in [6.45, 7) is 4.08. The normalized spacial score (nSPS) is 17.7. The van der Waals surface area contributed by atoms with Crippen molar-refractivity contribution in [2.75, 3.05) is 13.7 Å². The van der Waals surface area contributed by atoms with Crippen molar-refractivity contribution < 1.29 is 14.3 Å². The van der Waals surface area contributed by atoms with Gasteiger partial charge in [-0.2, -0.15) is 5.10 Å². The first kappa shape index (κ1) is 19.7. The highest BCUT2D eigenvalue weighted by Gasteiger charge is 2.30. The fourth-order valence-corrected chi connectivity index (χ4v) is 3.52. The zero-order chi connectivity index (χ0) is 19.8. The maximum Gasteiger partial charge on any atom is 0.239 e. The highest BCUT2D eigenvalue weighted by Crippen LogP contribution is 2.24. The molecule has 3 rings (SSSR count). The van der Waals surface area contributed by atoms with Crippen LogP contribution >= 0.6 is 11.8 Å². The lowest BCUT2D eigenvalue weighted by atomic mass is 10.1. The minimum atomic E-state index is -0.234. The molecule has 1 atom stereocenters. The molecule has 2 aromatic rings. The SMILES string of the molecule is C=CCOc1ccc(/C=N\N=C2/NC(=O)[C@H](Cc3cccc(OC)c3)S2)cc1. The third kappa shape index (κ3) is 5.47. The summed E-state index contributed by atoms with van der Waals surface area (Å²) >= 11 is 1.38. The zero-order valence-corrected chi connectivity index (χ0v) is 16.3. The third-order valence-corrected chi connectivity index (χ3v) is 5.01. The van der Waals surface area contributed by atoms with Crippen LogP contribution in [0.25, 0.3) is 0 Å². The molecule has 1 heterocycles. The van der Waals surface area contributed by atoms with Gasteiger partial charge in [-0.25, -0.2) is 0 Å². The number of nitrogens with zero attached hydrogens (tertiary/aromatic N) is 2. The molecule has 1 saturated heterocycles. The van der Waals surface area contributed by atoms with E-state index in [0.29, 0.717) is 18.2 Å². The number of nitrogens with one attached hydrogen (secondary N) is 1. The standard InChI is InChI=1S/C21H21N3O3S/c1-3-11-27-17-9-7-15(8-10-17)14-22-24-21-23-20(25)19(28-21)13-16-5-4-6-18(12-16)26-2/h3-10,12,14,19H,1,11,13H2,2H3,(H,23,24,25)/b22-14-/t19-/m0/s1. The predicted molar refractivity (Wildman–Crippen MR) is 113 cm³/mol. The molecule has 1 amide bonds. The molecular formula is C21H21N3O3S. The molecule has 0 radical (unpaired) electrons. The number of thioether (sulfide) groups is 1. The Labute approximate surface area is 168 Å². The van der Waals surface area contributed by atoms with E-state index >= 15 is 0 Å². The van der Waals surface area contributed by atoms with Crippen LogP contribution in [0, 0.1) is 0 Å². The smallest absolute Gasteiger partial charge is 0.239 e. The van der Waals surface area contributed by atoms with Gasteiger partial charge in [-0.3, -0.25) is 4.79 Å². The molecule has 0 bridgehead atoms. The van der Waals surface area contributed by atoms with Gasteiger partial charge in [0.15, 0.2) is 5.17 Å². The van der Waals surface area contributed by atoms with E-state index in [-0.39, 0.29) is 11.2 Å². The van der Waals surface area contributed by atoms with Gasteiger partial charge in [0.1, 0.15) is 18.1 Å². The molecule has 1 N–H and O–H groups in total. The van der Waals surface area contributed by atoms with Crippen molar-refractivity contribution in [3.63, 3.8) is 0 Å². The Morgan fingerprint density at radius 2 is 2.04 bits per heavy atom. The van der Waals surface area contributed by atoms with Gasteiger partial charge in [-0.05, 0) is 53.9 Å². The molecule has 6 nitrogen and oxygen atoms in total. The van der Waals surface area contributed by atoms with Gasteiger partial charge < -0.3 is 14.8 Å². The summed E-state index contributed by atoms with van der Waals surface area (Å²) in [5.74, 6) is 1.48. The summed E-state index contributed by atoms with van der Waals surface area (Å²) in [5.41, 5.74) is 1.92. The predicted octanol–water partition coefficient (Wildman–Crippen LogP) is 3.42. The van der Waals surface area contributed by atoms with Crippen molar-refractivity contribution in [1.82, 2.24) is 5.32 Å². The molecule has 144 valence electrons. The Morgan fingerprint density at radius 1 is 1.21 bits per heavy atom. The number of hydrogen-bond acceptors (Lipinski definition) is 6. The van der Waals surface area contributed by atoms with Gasteiger partial charge in [-0.15, -0.1) is 5.10 Å². The lowest BCUT2D eigenvalue weighted by molar-refractivity contribution is -0.118. The van der Waals surface area contributed by atoms with Crippen molar-refractivity contribution in [2.24, 2.45) is 10.2 Å². The lowest BCUT2D eigenvalue weighted by Gasteiger charge is -2.07. The number of amides is 1. The summed E-state index contributed by atoms with van der Waals surface area (Å²) in [6.07, 6.45) is 3.93. The first-order valence-electron chi connectivity index (χ1n) is 8.73. The van der Waals surface area contributed by atoms with Gasteiger partial charge in [0, 0.05) is 0 Å². The van der Waals surface area contributed by atoms with Crippen molar-refractivity contribution in [2.45, 2.75) is 11.7 Å². The minimum absolute atomic E-state index is 0.0644. The van der Waals surface area contributed by atoms with Crippen LogP contribution in [0.5, 0.6) is 11.5 Å². The third-order valence-electron chi connectivity index (χ3n) is 3.94. The molecule has 0 spiro atoms. The Bertz CT molecular complexity index is 894. The molecule has 0 saturated carbocycles. The van der Waals surface area contributed by atoms with Crippen LogP contribution in [0.3, 0.4) is 0 Å². The fraction of sp³-hybridized carbons (Fsp3) is 0.190. The fourth-order valence-electron chi connectivity index (χ4n) is 2.55. The first-order chi connectivity index (χ1) is 13.7. The van der Waals surface area contributed by atoms with Crippen molar-refractivity contribution in [1.29, 1.82) is 0 Å². The van der Waals surface area contributed by atoms with Crippen LogP contribution in [0.4, 0.5) is 0 Å². The maximum absolute atomic E-state index is 12.2. The van der Waals surface area contributed by atoms with E-state index in [1.54, 1.807) is 19.4 Å². The summed E-state index contributed by atoms with van der Waals surface area (Å²) in [5, 5.41) is 11.2. The number of carbonyl (C=O) groups excluding carboxylic acids is 1. The molecule has 1 aliphatic rings. The van der Waals surface area contributed by atoms with E-state index in [9.17, 15) is 4.79 Å². The molecule has 28 heavy (non-hydrogen) atoms. The first-order valence-corrected chi connectivity index (χ1v) is 9.61. The number of hydrogen-bond donors (Lipinski definition) is 1. The number of rotatable bonds is 8. The number of carbonyl (C=O) groups is 1. The molecule has 1 fully saturated rings. The minimum Gasteiger partial charge on any atom is -0.497 e. The summed E-state index contributed by atoms with van der Waals surface area (Å²) in [4.78, 5) is 12.2. The number of benzene rings is 2. The van der Waals surface area contributed by atoms with E-state index in [1.165, 1.54) is 11.8 Å². The van der Waals surface area contributed by atoms with E-state index in [1.807, 2.05) is 48.5 Å². The van der Waals surface area contributed by atoms with Gasteiger partial charge >= 0.3 is 0 Å². The molecule has 0 aliphatic carbocycles. The van der Waals surface area contributed by atoms with E-state index in [2.05, 4.69) is 22.1 Å². The number of methoxy groups -OCH3 is 1. The van der Waals surface area contributed by atoms with Crippen LogP contribution in [0.1, 0.15) is 11.1 Å². The average molecular weight is 395 g/mol. The van der Waals surface area contributed by atoms with Crippen LogP contribution < -0.4 is 14.8 Å². The molecule has 0 aromatic heterocycles. The van der Waals surface area contributed by atoms with Crippen LogP contribution in [-0.4, -0.2) is 36.3 Å². The monoisotopic (exact) mass is 395 g/mol. The Morgan fingerprint density at radius 3 is 2.79 bits per heavy atom. The average Bonchev–Trinajstić information content (AvgIpc) is 3.06. The zero-order valence-electron chi connectivity index (χ0n) is 15.5. The second kappa shape index (κ2) is 9.75. The Balaban J connectivity index is 1.57. The van der Waals surface area contributed by atoms with Gasteiger partial charge in [0.25, 0.3) is 0 Å². The molecule has 7 heteroatoms. The lowest BCUT2D eigenvalue weighted by Crippen LogP contribution is -2.25. The van der Waals surface area contributed by atoms with Gasteiger partial charge in [-0.1, -0.05) is 36.5 Å². The molecule has 2 aromatic carbocycles. The van der Waals surface area contributed by atoms with Crippen LogP contribution in [-0.2, 0) is 11.2 Å². The second-order valence-corrected chi connectivity index (χ2v) is 7.16. The topological polar surface area (TPSA) is 72.3 Å². The van der Waals surface area contributed by atoms with Crippen molar-refractivity contribution in [3.8, 4) is 11.5 Å². The summed E-state index contributed by atoms with van der Waals surface area (Å²) in [7, 11) is 1.63. The van der Waals surface area contributed by atoms with E-state index in [4.69, 9.17) is 9.47 Å². The highest BCUT2D eigenvalue weighted by atomic mass is 32.2. The van der Waals surface area contributed by atoms with Gasteiger partial charge in [0.2, 0.25) is 5.91 Å². The van der Waals surface area contributed by atoms with E-state index in [0.717, 1.165) is 22.6 Å². The maximum atomic E-state index is 12.2. The van der Waals surface area contributed by atoms with Crippen LogP contribution in [0.15, 0.2) is 71.4 Å². The molecular weight excluding hydrogens is 374 g/mol. The Hall–Kier alpha value is -3.06. The summed E-state index contributed by atoms with van der Waals surface area (Å²) < 4.78 is 10.7. The largest absolute Gasteiger partial charge is 0.497 e. The molecule has 0 unspecified atom stereocenters.